The minimum Gasteiger partial charge on any atom is -0.481 e. The first-order valence-corrected chi connectivity index (χ1v) is 6.56. The molecule has 0 saturated carbocycles. The van der Waals surface area contributed by atoms with Crippen LogP contribution in [-0.2, 0) is 16.6 Å². The van der Waals surface area contributed by atoms with Crippen molar-refractivity contribution in [1.82, 2.24) is 14.4 Å². The third-order valence-electron chi connectivity index (χ3n) is 3.45. The maximum absolute atomic E-state index is 10.7. The summed E-state index contributed by atoms with van der Waals surface area (Å²) in [6.07, 6.45) is 1.78. The molecule has 0 aliphatic rings. The fourth-order valence-electron chi connectivity index (χ4n) is 2.37. The summed E-state index contributed by atoms with van der Waals surface area (Å²) in [6.45, 7) is 6.50. The van der Waals surface area contributed by atoms with E-state index in [0.29, 0.717) is 11.5 Å². The molecular formula is C15H17N3O2. The van der Waals surface area contributed by atoms with Gasteiger partial charge in [0.25, 0.3) is 0 Å². The van der Waals surface area contributed by atoms with Crippen molar-refractivity contribution >= 4 is 22.8 Å². The Morgan fingerprint density at radius 2 is 2.15 bits per heavy atom. The summed E-state index contributed by atoms with van der Waals surface area (Å²) in [7, 11) is 0. The average Bonchev–Trinajstić information content (AvgIpc) is 2.82. The van der Waals surface area contributed by atoms with Crippen LogP contribution in [0.3, 0.4) is 0 Å². The van der Waals surface area contributed by atoms with E-state index in [-0.39, 0.29) is 11.8 Å². The Labute approximate surface area is 116 Å². The van der Waals surface area contributed by atoms with Crippen molar-refractivity contribution in [2.45, 2.75) is 32.6 Å². The van der Waals surface area contributed by atoms with Gasteiger partial charge < -0.3 is 10.1 Å². The number of benzene rings is 1. The highest BCUT2D eigenvalue weighted by Crippen LogP contribution is 2.26. The lowest BCUT2D eigenvalue weighted by atomic mass is 9.87. The second-order valence-corrected chi connectivity index (χ2v) is 6.11. The van der Waals surface area contributed by atoms with Crippen LogP contribution in [-0.4, -0.2) is 25.4 Å². The first-order chi connectivity index (χ1) is 9.34. The highest BCUT2D eigenvalue weighted by Gasteiger charge is 2.16. The molecule has 20 heavy (non-hydrogen) atoms. The molecule has 104 valence electrons. The van der Waals surface area contributed by atoms with E-state index < -0.39 is 5.97 Å². The third kappa shape index (κ3) is 2.05. The highest BCUT2D eigenvalue weighted by atomic mass is 16.4. The maximum Gasteiger partial charge on any atom is 0.309 e. The molecule has 1 aromatic carbocycles. The predicted octanol–water partition coefficient (Wildman–Crippen LogP) is 2.74. The zero-order valence-electron chi connectivity index (χ0n) is 11.8. The van der Waals surface area contributed by atoms with Crippen LogP contribution in [0.25, 0.3) is 16.8 Å². The van der Waals surface area contributed by atoms with Crippen molar-refractivity contribution < 1.29 is 9.90 Å². The van der Waals surface area contributed by atoms with Crippen LogP contribution >= 0.6 is 0 Å². The smallest absolute Gasteiger partial charge is 0.309 e. The summed E-state index contributed by atoms with van der Waals surface area (Å²) in [4.78, 5) is 18.3. The molecule has 5 nitrogen and oxygen atoms in total. The molecule has 0 amide bonds. The molecule has 0 saturated heterocycles. The van der Waals surface area contributed by atoms with Gasteiger partial charge in [-0.05, 0) is 23.1 Å². The number of nitrogens with one attached hydrogen (secondary N) is 1. The fourth-order valence-corrected chi connectivity index (χ4v) is 2.37. The summed E-state index contributed by atoms with van der Waals surface area (Å²) in [5.41, 5.74) is 3.88. The molecular weight excluding hydrogens is 254 g/mol. The molecule has 0 radical (unpaired) electrons. The quantitative estimate of drug-likeness (QED) is 0.753. The van der Waals surface area contributed by atoms with Gasteiger partial charge in [-0.25, -0.2) is 4.98 Å². The van der Waals surface area contributed by atoms with Gasteiger partial charge in [-0.15, -0.1) is 0 Å². The van der Waals surface area contributed by atoms with E-state index in [1.807, 2.05) is 10.5 Å². The zero-order valence-corrected chi connectivity index (χ0v) is 11.8. The van der Waals surface area contributed by atoms with Crippen LogP contribution in [0.5, 0.6) is 0 Å². The minimum absolute atomic E-state index is 0.0229. The number of aromatic nitrogens is 3. The van der Waals surface area contributed by atoms with Gasteiger partial charge in [0.05, 0.1) is 17.5 Å². The Hall–Kier alpha value is -2.30. The van der Waals surface area contributed by atoms with Crippen molar-refractivity contribution in [3.05, 3.63) is 35.7 Å². The van der Waals surface area contributed by atoms with E-state index in [9.17, 15) is 4.79 Å². The molecule has 0 atom stereocenters. The number of carboxylic acids is 1. The van der Waals surface area contributed by atoms with Crippen molar-refractivity contribution in [1.29, 1.82) is 0 Å². The monoisotopic (exact) mass is 271 g/mol. The normalized spacial score (nSPS) is 12.3. The lowest BCUT2D eigenvalue weighted by Gasteiger charge is -2.18. The van der Waals surface area contributed by atoms with Gasteiger partial charge in [-0.3, -0.25) is 9.20 Å². The Kier molecular flexibility index (Phi) is 2.61. The van der Waals surface area contributed by atoms with Gasteiger partial charge in [0, 0.05) is 11.9 Å². The first kappa shape index (κ1) is 12.7. The molecule has 0 fully saturated rings. The van der Waals surface area contributed by atoms with E-state index in [2.05, 4.69) is 42.9 Å². The van der Waals surface area contributed by atoms with E-state index in [1.165, 1.54) is 5.56 Å². The van der Waals surface area contributed by atoms with Crippen molar-refractivity contribution in [2.24, 2.45) is 0 Å². The molecule has 5 heteroatoms. The molecule has 0 bridgehead atoms. The Bertz CT molecular complexity index is 806. The van der Waals surface area contributed by atoms with Gasteiger partial charge in [0.2, 0.25) is 5.78 Å². The molecule has 0 unspecified atom stereocenters. The molecule has 0 spiro atoms. The number of hydrogen-bond donors (Lipinski definition) is 2. The predicted molar refractivity (Wildman–Crippen MR) is 77.1 cm³/mol. The number of carboxylic acid groups (broad SMARTS) is 1. The standard InChI is InChI=1S/C15H17N3O2/c1-15(2,3)9-4-5-12-11(6-9)17-14-16-10(7-13(19)20)8-18(12)14/h4-6,8H,7H2,1-3H3,(H,16,17)(H,19,20). The van der Waals surface area contributed by atoms with E-state index in [0.717, 1.165) is 11.0 Å². The van der Waals surface area contributed by atoms with Crippen LogP contribution in [0.15, 0.2) is 24.4 Å². The topological polar surface area (TPSA) is 70.4 Å². The number of rotatable bonds is 2. The third-order valence-corrected chi connectivity index (χ3v) is 3.45. The summed E-state index contributed by atoms with van der Waals surface area (Å²) in [6, 6.07) is 6.22. The lowest BCUT2D eigenvalue weighted by Crippen LogP contribution is -2.10. The summed E-state index contributed by atoms with van der Waals surface area (Å²) >= 11 is 0. The number of aliphatic carboxylic acids is 1. The van der Waals surface area contributed by atoms with Gasteiger partial charge in [-0.1, -0.05) is 26.8 Å². The number of nitrogens with zero attached hydrogens (tertiary/aromatic N) is 2. The zero-order chi connectivity index (χ0) is 14.5. The Morgan fingerprint density at radius 1 is 1.40 bits per heavy atom. The number of H-pyrrole nitrogens is 1. The van der Waals surface area contributed by atoms with Crippen LogP contribution in [0.4, 0.5) is 0 Å². The van der Waals surface area contributed by atoms with Crippen LogP contribution in [0.1, 0.15) is 32.0 Å². The minimum atomic E-state index is -0.853. The van der Waals surface area contributed by atoms with E-state index in [4.69, 9.17) is 5.11 Å². The number of imidazole rings is 2. The van der Waals surface area contributed by atoms with E-state index in [1.54, 1.807) is 6.20 Å². The first-order valence-electron chi connectivity index (χ1n) is 6.56. The summed E-state index contributed by atoms with van der Waals surface area (Å²) in [5.74, 6) is -0.170. The number of aromatic amines is 1. The van der Waals surface area contributed by atoms with Gasteiger partial charge >= 0.3 is 5.97 Å². The summed E-state index contributed by atoms with van der Waals surface area (Å²) in [5, 5.41) is 8.82. The number of fused-ring (bicyclic) bond motifs is 3. The van der Waals surface area contributed by atoms with E-state index >= 15 is 0 Å². The lowest BCUT2D eigenvalue weighted by molar-refractivity contribution is -0.136. The maximum atomic E-state index is 10.7. The largest absolute Gasteiger partial charge is 0.481 e. The average molecular weight is 271 g/mol. The van der Waals surface area contributed by atoms with Crippen molar-refractivity contribution in [2.75, 3.05) is 0 Å². The van der Waals surface area contributed by atoms with Crippen molar-refractivity contribution in [3.63, 3.8) is 0 Å². The molecule has 3 rings (SSSR count). The SMILES string of the molecule is CC(C)(C)c1ccc2c(c1)nc1[nH]c(CC(=O)O)cn12. The Morgan fingerprint density at radius 3 is 2.80 bits per heavy atom. The molecule has 2 heterocycles. The molecule has 2 aromatic heterocycles. The molecule has 0 aliphatic heterocycles. The van der Waals surface area contributed by atoms with Crippen LogP contribution < -0.4 is 0 Å². The van der Waals surface area contributed by atoms with Gasteiger partial charge in [0.15, 0.2) is 0 Å². The second-order valence-electron chi connectivity index (χ2n) is 6.11. The second kappa shape index (κ2) is 4.10. The number of carbonyl (C=O) groups is 1. The molecule has 0 aliphatic carbocycles. The fraction of sp³-hybridized carbons (Fsp3) is 0.333. The molecule has 2 N–H and O–H groups in total. The van der Waals surface area contributed by atoms with Gasteiger partial charge in [0.1, 0.15) is 0 Å². The van der Waals surface area contributed by atoms with Crippen LogP contribution in [0.2, 0.25) is 0 Å². The van der Waals surface area contributed by atoms with Crippen molar-refractivity contribution in [3.8, 4) is 0 Å². The number of hydrogen-bond acceptors (Lipinski definition) is 2. The molecule has 3 aromatic rings. The van der Waals surface area contributed by atoms with Gasteiger partial charge in [-0.2, -0.15) is 0 Å². The Balaban J connectivity index is 2.13. The van der Waals surface area contributed by atoms with Crippen LogP contribution in [0, 0.1) is 0 Å². The highest BCUT2D eigenvalue weighted by molar-refractivity contribution is 5.81. The summed E-state index contributed by atoms with van der Waals surface area (Å²) < 4.78 is 1.90.